The SMILES string of the molecule is CCC(=O)Nc1c(C)noc1/C=C\c1ccc(S(=O)(=O)Nc2cccc(Cl)c2)cc1. The highest BCUT2D eigenvalue weighted by molar-refractivity contribution is 7.92. The van der Waals surface area contributed by atoms with E-state index in [0.717, 1.165) is 5.56 Å². The zero-order valence-corrected chi connectivity index (χ0v) is 17.9. The van der Waals surface area contributed by atoms with Crippen molar-refractivity contribution in [3.63, 3.8) is 0 Å². The van der Waals surface area contributed by atoms with Crippen LogP contribution in [0.4, 0.5) is 11.4 Å². The molecule has 0 unspecified atom stereocenters. The molecule has 30 heavy (non-hydrogen) atoms. The monoisotopic (exact) mass is 445 g/mol. The largest absolute Gasteiger partial charge is 0.354 e. The lowest BCUT2D eigenvalue weighted by Crippen LogP contribution is -2.12. The van der Waals surface area contributed by atoms with Crippen LogP contribution in [0.2, 0.25) is 5.02 Å². The van der Waals surface area contributed by atoms with Crippen LogP contribution < -0.4 is 10.0 Å². The lowest BCUT2D eigenvalue weighted by Gasteiger charge is -2.08. The van der Waals surface area contributed by atoms with Crippen molar-refractivity contribution in [3.8, 4) is 0 Å². The first kappa shape index (κ1) is 21.6. The minimum Gasteiger partial charge on any atom is -0.354 e. The molecule has 9 heteroatoms. The van der Waals surface area contributed by atoms with Gasteiger partial charge in [0.2, 0.25) is 5.91 Å². The molecule has 2 N–H and O–H groups in total. The Bertz CT molecular complexity index is 1190. The van der Waals surface area contributed by atoms with Gasteiger partial charge in [-0.3, -0.25) is 9.52 Å². The zero-order chi connectivity index (χ0) is 21.7. The smallest absolute Gasteiger partial charge is 0.261 e. The summed E-state index contributed by atoms with van der Waals surface area (Å²) in [4.78, 5) is 11.8. The Hall–Kier alpha value is -3.10. The quantitative estimate of drug-likeness (QED) is 0.535. The van der Waals surface area contributed by atoms with Crippen LogP contribution in [0.3, 0.4) is 0 Å². The van der Waals surface area contributed by atoms with Crippen molar-refractivity contribution in [2.75, 3.05) is 10.0 Å². The summed E-state index contributed by atoms with van der Waals surface area (Å²) in [5.41, 5.74) is 2.22. The number of amides is 1. The zero-order valence-electron chi connectivity index (χ0n) is 16.3. The third kappa shape index (κ3) is 5.28. The number of nitrogens with zero attached hydrogens (tertiary/aromatic N) is 1. The molecule has 3 aromatic rings. The number of nitrogens with one attached hydrogen (secondary N) is 2. The molecular formula is C21H20ClN3O4S. The topological polar surface area (TPSA) is 101 Å². The molecule has 0 fully saturated rings. The van der Waals surface area contributed by atoms with Crippen molar-refractivity contribution in [1.29, 1.82) is 0 Å². The first-order valence-corrected chi connectivity index (χ1v) is 11.0. The minimum absolute atomic E-state index is 0.117. The maximum Gasteiger partial charge on any atom is 0.261 e. The Morgan fingerprint density at radius 1 is 1.17 bits per heavy atom. The molecule has 1 aromatic heterocycles. The molecule has 0 aliphatic rings. The fraction of sp³-hybridized carbons (Fsp3) is 0.143. The fourth-order valence-corrected chi connectivity index (χ4v) is 3.82. The van der Waals surface area contributed by atoms with E-state index in [9.17, 15) is 13.2 Å². The molecule has 0 saturated heterocycles. The molecule has 1 amide bonds. The summed E-state index contributed by atoms with van der Waals surface area (Å²) in [5.74, 6) is 0.270. The second-order valence-corrected chi connectivity index (χ2v) is 8.55. The van der Waals surface area contributed by atoms with Crippen molar-refractivity contribution >= 4 is 51.1 Å². The fourth-order valence-electron chi connectivity index (χ4n) is 2.58. The van der Waals surface area contributed by atoms with Crippen molar-refractivity contribution in [2.24, 2.45) is 0 Å². The van der Waals surface area contributed by atoms with E-state index in [2.05, 4.69) is 15.2 Å². The van der Waals surface area contributed by atoms with Gasteiger partial charge in [-0.25, -0.2) is 8.42 Å². The second kappa shape index (κ2) is 9.15. The summed E-state index contributed by atoms with van der Waals surface area (Å²) in [7, 11) is -3.74. The molecule has 2 aromatic carbocycles. The molecule has 0 radical (unpaired) electrons. The Morgan fingerprint density at radius 2 is 1.90 bits per heavy atom. The van der Waals surface area contributed by atoms with Gasteiger partial charge in [0.05, 0.1) is 10.6 Å². The number of carbonyl (C=O) groups excluding carboxylic acids is 1. The van der Waals surface area contributed by atoms with E-state index in [1.165, 1.54) is 18.2 Å². The molecule has 0 saturated carbocycles. The highest BCUT2D eigenvalue weighted by atomic mass is 35.5. The number of aromatic nitrogens is 1. The van der Waals surface area contributed by atoms with Gasteiger partial charge in [0.1, 0.15) is 11.4 Å². The Balaban J connectivity index is 1.75. The van der Waals surface area contributed by atoms with Crippen molar-refractivity contribution in [1.82, 2.24) is 5.16 Å². The molecule has 0 atom stereocenters. The standard InChI is InChI=1S/C21H20ClN3O4S/c1-3-20(26)23-21-14(2)24-29-19(21)12-9-15-7-10-18(11-8-15)30(27,28)25-17-6-4-5-16(22)13-17/h4-13,25H,3H2,1-2H3,(H,23,26)/b12-9-. The normalized spacial score (nSPS) is 11.6. The van der Waals surface area contributed by atoms with E-state index in [-0.39, 0.29) is 10.8 Å². The van der Waals surface area contributed by atoms with E-state index in [1.807, 2.05) is 0 Å². The Morgan fingerprint density at radius 3 is 2.57 bits per heavy atom. The highest BCUT2D eigenvalue weighted by Crippen LogP contribution is 2.24. The van der Waals surface area contributed by atoms with Gasteiger partial charge in [-0.15, -0.1) is 0 Å². The molecule has 0 aliphatic carbocycles. The maximum atomic E-state index is 12.5. The first-order chi connectivity index (χ1) is 14.3. The number of sulfonamides is 1. The summed E-state index contributed by atoms with van der Waals surface area (Å²) in [6, 6.07) is 12.8. The third-order valence-corrected chi connectivity index (χ3v) is 5.80. The average molecular weight is 446 g/mol. The Kier molecular flexibility index (Phi) is 6.59. The average Bonchev–Trinajstić information content (AvgIpc) is 3.05. The van der Waals surface area contributed by atoms with Gasteiger partial charge in [-0.05, 0) is 48.9 Å². The lowest BCUT2D eigenvalue weighted by molar-refractivity contribution is -0.115. The Labute approximate surface area is 179 Å². The van der Waals surface area contributed by atoms with Crippen LogP contribution in [0.15, 0.2) is 57.9 Å². The van der Waals surface area contributed by atoms with E-state index in [4.69, 9.17) is 16.1 Å². The number of aryl methyl sites for hydroxylation is 1. The number of rotatable bonds is 7. The highest BCUT2D eigenvalue weighted by Gasteiger charge is 2.15. The number of anilines is 2. The summed E-state index contributed by atoms with van der Waals surface area (Å²) in [6.07, 6.45) is 3.74. The van der Waals surface area contributed by atoms with Crippen LogP contribution in [0, 0.1) is 6.92 Å². The van der Waals surface area contributed by atoms with Crippen LogP contribution in [0.5, 0.6) is 0 Å². The van der Waals surface area contributed by atoms with Crippen LogP contribution >= 0.6 is 11.6 Å². The molecule has 7 nitrogen and oxygen atoms in total. The molecule has 0 spiro atoms. The number of carbonyl (C=O) groups is 1. The van der Waals surface area contributed by atoms with Gasteiger partial charge in [-0.2, -0.15) is 0 Å². The van der Waals surface area contributed by atoms with Gasteiger partial charge in [0.15, 0.2) is 5.76 Å². The van der Waals surface area contributed by atoms with E-state index in [0.29, 0.717) is 34.3 Å². The van der Waals surface area contributed by atoms with Crippen LogP contribution in [0.25, 0.3) is 12.2 Å². The van der Waals surface area contributed by atoms with Gasteiger partial charge < -0.3 is 9.84 Å². The van der Waals surface area contributed by atoms with Gasteiger partial charge in [0.25, 0.3) is 10.0 Å². The molecular weight excluding hydrogens is 426 g/mol. The molecule has 0 aliphatic heterocycles. The van der Waals surface area contributed by atoms with Crippen LogP contribution in [-0.4, -0.2) is 19.5 Å². The number of benzene rings is 2. The lowest BCUT2D eigenvalue weighted by atomic mass is 10.2. The number of hydrogen-bond acceptors (Lipinski definition) is 5. The maximum absolute atomic E-state index is 12.5. The van der Waals surface area contributed by atoms with E-state index in [1.54, 1.807) is 56.3 Å². The molecule has 0 bridgehead atoms. The van der Waals surface area contributed by atoms with Gasteiger partial charge >= 0.3 is 0 Å². The molecule has 3 rings (SSSR count). The third-order valence-electron chi connectivity index (χ3n) is 4.17. The molecule has 156 valence electrons. The predicted molar refractivity (Wildman–Crippen MR) is 118 cm³/mol. The number of hydrogen-bond donors (Lipinski definition) is 2. The second-order valence-electron chi connectivity index (χ2n) is 6.43. The number of halogens is 1. The molecule has 1 heterocycles. The van der Waals surface area contributed by atoms with Crippen molar-refractivity contribution < 1.29 is 17.7 Å². The van der Waals surface area contributed by atoms with Crippen LogP contribution in [0.1, 0.15) is 30.4 Å². The predicted octanol–water partition coefficient (Wildman–Crippen LogP) is 4.96. The summed E-state index contributed by atoms with van der Waals surface area (Å²) < 4.78 is 32.8. The van der Waals surface area contributed by atoms with Crippen molar-refractivity contribution in [2.45, 2.75) is 25.2 Å². The first-order valence-electron chi connectivity index (χ1n) is 9.11. The van der Waals surface area contributed by atoms with E-state index < -0.39 is 10.0 Å². The summed E-state index contributed by atoms with van der Waals surface area (Å²) >= 11 is 5.90. The minimum atomic E-state index is -3.74. The van der Waals surface area contributed by atoms with Crippen LogP contribution in [-0.2, 0) is 14.8 Å². The van der Waals surface area contributed by atoms with E-state index >= 15 is 0 Å². The van der Waals surface area contributed by atoms with Gasteiger partial charge in [-0.1, -0.05) is 48.0 Å². The summed E-state index contributed by atoms with van der Waals surface area (Å²) in [5, 5.41) is 7.07. The van der Waals surface area contributed by atoms with Crippen molar-refractivity contribution in [3.05, 3.63) is 70.6 Å². The van der Waals surface area contributed by atoms with Gasteiger partial charge in [0, 0.05) is 11.4 Å². The summed E-state index contributed by atoms with van der Waals surface area (Å²) in [6.45, 7) is 3.49.